The molecule has 0 saturated heterocycles. The highest BCUT2D eigenvalue weighted by Gasteiger charge is 2.13. The van der Waals surface area contributed by atoms with Crippen LogP contribution in [0.2, 0.25) is 0 Å². The molecular weight excluding hydrogens is 290 g/mol. The average Bonchev–Trinajstić information content (AvgIpc) is 2.95. The van der Waals surface area contributed by atoms with Gasteiger partial charge < -0.3 is 5.11 Å². The van der Waals surface area contributed by atoms with Gasteiger partial charge in [-0.05, 0) is 6.07 Å². The molecule has 2 rings (SSSR count). The fraction of sp³-hybridized carbons (Fsp3) is 0.222. The van der Waals surface area contributed by atoms with Crippen LogP contribution in [0.4, 0.5) is 5.13 Å². The summed E-state index contributed by atoms with van der Waals surface area (Å²) in [4.78, 5) is 22.2. The number of aliphatic carboxylic acids is 1. The maximum absolute atomic E-state index is 11.8. The van der Waals surface area contributed by atoms with Crippen LogP contribution >= 0.6 is 23.1 Å². The Bertz CT molecular complexity index is 609. The van der Waals surface area contributed by atoms with Crippen LogP contribution in [0.25, 0.3) is 0 Å². The largest absolute Gasteiger partial charge is 0.481 e. The van der Waals surface area contributed by atoms with Gasteiger partial charge in [-0.3, -0.25) is 19.6 Å². The number of anilines is 1. The van der Waals surface area contributed by atoms with Crippen LogP contribution in [0.15, 0.2) is 16.6 Å². The second kappa shape index (κ2) is 5.80. The van der Waals surface area contributed by atoms with Gasteiger partial charge in [0.1, 0.15) is 5.69 Å². The molecule has 2 aromatic heterocycles. The third-order valence-corrected chi connectivity index (χ3v) is 3.96. The van der Waals surface area contributed by atoms with E-state index in [4.69, 9.17) is 5.11 Å². The van der Waals surface area contributed by atoms with Gasteiger partial charge in [0.05, 0.1) is 5.75 Å². The monoisotopic (exact) mass is 299 g/mol. The minimum absolute atomic E-state index is 0.0929. The number of rotatable bonds is 5. The summed E-state index contributed by atoms with van der Waals surface area (Å²) >= 11 is 2.18. The summed E-state index contributed by atoms with van der Waals surface area (Å²) in [5.41, 5.74) is 0.398. The summed E-state index contributed by atoms with van der Waals surface area (Å²) < 4.78 is 1.93. The fourth-order valence-corrected chi connectivity index (χ4v) is 2.67. The summed E-state index contributed by atoms with van der Waals surface area (Å²) in [6.07, 6.45) is 1.52. The van der Waals surface area contributed by atoms with Gasteiger partial charge in [-0.1, -0.05) is 23.1 Å². The molecule has 0 atom stereocenters. The van der Waals surface area contributed by atoms with E-state index in [0.29, 0.717) is 15.2 Å². The number of carbonyl (C=O) groups is 2. The number of aryl methyl sites for hydroxylation is 1. The molecule has 2 aromatic rings. The van der Waals surface area contributed by atoms with Gasteiger partial charge in [-0.25, -0.2) is 0 Å². The van der Waals surface area contributed by atoms with Gasteiger partial charge in [-0.15, -0.1) is 10.2 Å². The molecule has 0 fully saturated rings. The van der Waals surface area contributed by atoms with Gasteiger partial charge >= 0.3 is 5.97 Å². The second-order valence-corrected chi connectivity index (χ2v) is 5.55. The van der Waals surface area contributed by atoms with Gasteiger partial charge in [0.15, 0.2) is 4.34 Å². The first-order chi connectivity index (χ1) is 9.06. The molecule has 2 N–H and O–H groups in total. The summed E-state index contributed by atoms with van der Waals surface area (Å²) in [6, 6.07) is 1.58. The zero-order valence-electron chi connectivity index (χ0n) is 9.73. The Labute approximate surface area is 115 Å². The lowest BCUT2D eigenvalue weighted by Gasteiger charge is -2.00. The van der Waals surface area contributed by atoms with Crippen molar-refractivity contribution in [1.82, 2.24) is 20.0 Å². The Morgan fingerprint density at radius 1 is 1.53 bits per heavy atom. The molecule has 100 valence electrons. The molecule has 0 aliphatic carbocycles. The minimum atomic E-state index is -0.930. The Hall–Kier alpha value is -1.94. The predicted octanol–water partition coefficient (Wildman–Crippen LogP) is 0.701. The molecule has 0 aliphatic heterocycles. The van der Waals surface area contributed by atoms with Crippen molar-refractivity contribution in [2.45, 2.75) is 4.34 Å². The minimum Gasteiger partial charge on any atom is -0.481 e. The van der Waals surface area contributed by atoms with Crippen molar-refractivity contribution >= 4 is 40.1 Å². The number of nitrogens with one attached hydrogen (secondary N) is 1. The van der Waals surface area contributed by atoms with Crippen LogP contribution in [-0.4, -0.2) is 42.7 Å². The van der Waals surface area contributed by atoms with Crippen molar-refractivity contribution < 1.29 is 14.7 Å². The summed E-state index contributed by atoms with van der Waals surface area (Å²) in [6.45, 7) is 0. The maximum atomic E-state index is 11.8. The molecule has 0 bridgehead atoms. The highest BCUT2D eigenvalue weighted by molar-refractivity contribution is 8.01. The van der Waals surface area contributed by atoms with Crippen LogP contribution in [-0.2, 0) is 11.8 Å². The van der Waals surface area contributed by atoms with E-state index in [2.05, 4.69) is 20.6 Å². The number of aromatic nitrogens is 4. The Balaban J connectivity index is 1.98. The lowest BCUT2D eigenvalue weighted by molar-refractivity contribution is -0.133. The van der Waals surface area contributed by atoms with Crippen LogP contribution in [0, 0.1) is 0 Å². The highest BCUT2D eigenvalue weighted by atomic mass is 32.2. The number of hydrogen-bond acceptors (Lipinski definition) is 7. The predicted molar refractivity (Wildman–Crippen MR) is 69.4 cm³/mol. The number of carboxylic acids is 1. The molecule has 0 radical (unpaired) electrons. The lowest BCUT2D eigenvalue weighted by Crippen LogP contribution is -2.15. The SMILES string of the molecule is Cn1nccc1C(=O)Nc1nnc(SCC(=O)O)s1. The zero-order valence-corrected chi connectivity index (χ0v) is 11.4. The van der Waals surface area contributed by atoms with Crippen LogP contribution in [0.3, 0.4) is 0 Å². The molecule has 0 unspecified atom stereocenters. The van der Waals surface area contributed by atoms with Crippen molar-refractivity contribution in [3.8, 4) is 0 Å². The number of thioether (sulfide) groups is 1. The third-order valence-electron chi connectivity index (χ3n) is 2.00. The van der Waals surface area contributed by atoms with Crippen LogP contribution in [0.1, 0.15) is 10.5 Å². The molecule has 2 heterocycles. The summed E-state index contributed by atoms with van der Waals surface area (Å²) in [5, 5.41) is 22.9. The summed E-state index contributed by atoms with van der Waals surface area (Å²) in [5.74, 6) is -1.36. The van der Waals surface area contributed by atoms with Crippen molar-refractivity contribution in [1.29, 1.82) is 0 Å². The van der Waals surface area contributed by atoms with E-state index in [1.165, 1.54) is 10.9 Å². The lowest BCUT2D eigenvalue weighted by atomic mass is 10.4. The normalized spacial score (nSPS) is 10.4. The molecule has 1 amide bonds. The smallest absolute Gasteiger partial charge is 0.313 e. The first-order valence-electron chi connectivity index (χ1n) is 5.03. The van der Waals surface area contributed by atoms with E-state index in [1.54, 1.807) is 13.1 Å². The first kappa shape index (κ1) is 13.5. The van der Waals surface area contributed by atoms with E-state index < -0.39 is 5.97 Å². The van der Waals surface area contributed by atoms with Crippen molar-refractivity contribution in [3.63, 3.8) is 0 Å². The standard InChI is InChI=1S/C9H9N5O3S2/c1-14-5(2-3-10-14)7(17)11-8-12-13-9(19-8)18-4-6(15)16/h2-3H,4H2,1H3,(H,15,16)(H,11,12,17). The van der Waals surface area contributed by atoms with E-state index in [0.717, 1.165) is 23.1 Å². The molecule has 0 aromatic carbocycles. The molecule has 10 heteroatoms. The Morgan fingerprint density at radius 2 is 2.32 bits per heavy atom. The topological polar surface area (TPSA) is 110 Å². The number of hydrogen-bond donors (Lipinski definition) is 2. The molecular formula is C9H9N5O3S2. The van der Waals surface area contributed by atoms with Crippen molar-refractivity contribution in [2.75, 3.05) is 11.1 Å². The molecule has 0 saturated carbocycles. The molecule has 0 spiro atoms. The molecule has 19 heavy (non-hydrogen) atoms. The van der Waals surface area contributed by atoms with Gasteiger partial charge in [0, 0.05) is 13.2 Å². The number of carboxylic acid groups (broad SMARTS) is 1. The number of nitrogens with zero attached hydrogens (tertiary/aromatic N) is 4. The van der Waals surface area contributed by atoms with Crippen LogP contribution < -0.4 is 5.32 Å². The Morgan fingerprint density at radius 3 is 2.95 bits per heavy atom. The first-order valence-corrected chi connectivity index (χ1v) is 6.84. The second-order valence-electron chi connectivity index (χ2n) is 3.35. The van der Waals surface area contributed by atoms with E-state index in [-0.39, 0.29) is 11.7 Å². The van der Waals surface area contributed by atoms with E-state index in [9.17, 15) is 9.59 Å². The van der Waals surface area contributed by atoms with Crippen molar-refractivity contribution in [3.05, 3.63) is 18.0 Å². The summed E-state index contributed by atoms with van der Waals surface area (Å²) in [7, 11) is 1.66. The average molecular weight is 299 g/mol. The van der Waals surface area contributed by atoms with Gasteiger partial charge in [0.25, 0.3) is 5.91 Å². The van der Waals surface area contributed by atoms with E-state index in [1.807, 2.05) is 0 Å². The Kier molecular flexibility index (Phi) is 4.12. The molecule has 8 nitrogen and oxygen atoms in total. The molecule has 0 aliphatic rings. The zero-order chi connectivity index (χ0) is 13.8. The maximum Gasteiger partial charge on any atom is 0.313 e. The van der Waals surface area contributed by atoms with E-state index >= 15 is 0 Å². The quantitative estimate of drug-likeness (QED) is 0.617. The van der Waals surface area contributed by atoms with Crippen LogP contribution in [0.5, 0.6) is 0 Å². The van der Waals surface area contributed by atoms with Gasteiger partial charge in [-0.2, -0.15) is 5.10 Å². The van der Waals surface area contributed by atoms with Gasteiger partial charge in [0.2, 0.25) is 5.13 Å². The third kappa shape index (κ3) is 3.51. The number of amides is 1. The highest BCUT2D eigenvalue weighted by Crippen LogP contribution is 2.25. The van der Waals surface area contributed by atoms with Crippen molar-refractivity contribution in [2.24, 2.45) is 7.05 Å². The fourth-order valence-electron chi connectivity index (χ4n) is 1.20. The number of carbonyl (C=O) groups excluding carboxylic acids is 1.